The number of amides is 2. The third kappa shape index (κ3) is 3.41. The van der Waals surface area contributed by atoms with Gasteiger partial charge < -0.3 is 10.2 Å². The van der Waals surface area contributed by atoms with Gasteiger partial charge in [0.1, 0.15) is 5.01 Å². The molecule has 2 aliphatic rings. The summed E-state index contributed by atoms with van der Waals surface area (Å²) in [4.78, 5) is 30.9. The van der Waals surface area contributed by atoms with Gasteiger partial charge >= 0.3 is 0 Å². The Morgan fingerprint density at radius 1 is 1.40 bits per heavy atom. The van der Waals surface area contributed by atoms with Crippen molar-refractivity contribution in [2.24, 2.45) is 5.92 Å². The lowest BCUT2D eigenvalue weighted by molar-refractivity contribution is -0.117. The summed E-state index contributed by atoms with van der Waals surface area (Å²) in [5.74, 6) is 0.315. The Labute approximate surface area is 155 Å². The molecule has 2 heterocycles. The van der Waals surface area contributed by atoms with Crippen LogP contribution in [-0.4, -0.2) is 23.3 Å². The molecular formula is C18H18ClN3O2S. The minimum Gasteiger partial charge on any atom is -0.342 e. The molecule has 5 nitrogen and oxygen atoms in total. The van der Waals surface area contributed by atoms with Crippen molar-refractivity contribution in [1.29, 1.82) is 0 Å². The maximum Gasteiger partial charge on any atom is 0.253 e. The summed E-state index contributed by atoms with van der Waals surface area (Å²) in [6, 6.07) is 5.13. The molecule has 0 spiro atoms. The molecule has 1 saturated heterocycles. The average Bonchev–Trinajstić information content (AvgIpc) is 3.12. The summed E-state index contributed by atoms with van der Waals surface area (Å²) in [6.45, 7) is 0.686. The molecule has 130 valence electrons. The number of rotatable bonds is 5. The highest BCUT2D eigenvalue weighted by Gasteiger charge is 2.35. The first kappa shape index (κ1) is 16.5. The second-order valence-electron chi connectivity index (χ2n) is 6.47. The number of thiazole rings is 1. The van der Waals surface area contributed by atoms with Crippen LogP contribution < -0.4 is 10.2 Å². The van der Waals surface area contributed by atoms with E-state index in [0.29, 0.717) is 29.5 Å². The van der Waals surface area contributed by atoms with Crippen LogP contribution in [0.25, 0.3) is 0 Å². The third-order valence-electron chi connectivity index (χ3n) is 4.68. The van der Waals surface area contributed by atoms with Crippen LogP contribution in [0.3, 0.4) is 0 Å². The van der Waals surface area contributed by atoms with Gasteiger partial charge in [-0.25, -0.2) is 4.98 Å². The molecule has 4 rings (SSSR count). The number of halogens is 1. The van der Waals surface area contributed by atoms with Gasteiger partial charge in [0.15, 0.2) is 0 Å². The summed E-state index contributed by atoms with van der Waals surface area (Å²) in [5, 5.41) is 6.33. The molecular weight excluding hydrogens is 358 g/mol. The number of nitrogens with zero attached hydrogens (tertiary/aromatic N) is 2. The van der Waals surface area contributed by atoms with E-state index in [1.165, 1.54) is 0 Å². The number of benzene rings is 1. The Kier molecular flexibility index (Phi) is 4.48. The molecule has 0 unspecified atom stereocenters. The van der Waals surface area contributed by atoms with Crippen molar-refractivity contribution in [2.45, 2.75) is 31.7 Å². The van der Waals surface area contributed by atoms with Crippen LogP contribution in [0.4, 0.5) is 5.69 Å². The number of nitrogens with one attached hydrogen (secondary N) is 1. The zero-order valence-electron chi connectivity index (χ0n) is 13.6. The van der Waals surface area contributed by atoms with E-state index in [4.69, 9.17) is 11.6 Å². The maximum absolute atomic E-state index is 12.8. The molecule has 0 radical (unpaired) electrons. The zero-order chi connectivity index (χ0) is 17.4. The number of carbonyl (C=O) groups excluding carboxylic acids is 2. The SMILES string of the molecule is O=C(N[C@H](c1nccs1)C1CC1)c1cc(N2CCCC2=O)ccc1Cl. The highest BCUT2D eigenvalue weighted by atomic mass is 35.5. The van der Waals surface area contributed by atoms with Crippen LogP contribution in [0.15, 0.2) is 29.8 Å². The van der Waals surface area contributed by atoms with Gasteiger partial charge in [0.2, 0.25) is 5.91 Å². The molecule has 2 fully saturated rings. The first-order chi connectivity index (χ1) is 12.1. The minimum atomic E-state index is -0.217. The Balaban J connectivity index is 1.58. The van der Waals surface area contributed by atoms with E-state index in [9.17, 15) is 9.59 Å². The number of hydrogen-bond acceptors (Lipinski definition) is 4. The second-order valence-corrected chi connectivity index (χ2v) is 7.81. The monoisotopic (exact) mass is 375 g/mol. The molecule has 1 aromatic carbocycles. The summed E-state index contributed by atoms with van der Waals surface area (Å²) in [5.41, 5.74) is 1.13. The van der Waals surface area contributed by atoms with Crippen LogP contribution in [0.5, 0.6) is 0 Å². The normalized spacial score (nSPS) is 18.4. The van der Waals surface area contributed by atoms with Gasteiger partial charge in [0.25, 0.3) is 5.91 Å². The Morgan fingerprint density at radius 2 is 2.24 bits per heavy atom. The van der Waals surface area contributed by atoms with Crippen LogP contribution in [-0.2, 0) is 4.79 Å². The molecule has 0 bridgehead atoms. The number of hydrogen-bond donors (Lipinski definition) is 1. The molecule has 1 atom stereocenters. The van der Waals surface area contributed by atoms with E-state index in [-0.39, 0.29) is 17.9 Å². The van der Waals surface area contributed by atoms with Crippen molar-refractivity contribution in [1.82, 2.24) is 10.3 Å². The largest absolute Gasteiger partial charge is 0.342 e. The number of aromatic nitrogens is 1. The first-order valence-corrected chi connectivity index (χ1v) is 9.69. The van der Waals surface area contributed by atoms with Crippen molar-refractivity contribution < 1.29 is 9.59 Å². The molecule has 1 aromatic heterocycles. The lowest BCUT2D eigenvalue weighted by Crippen LogP contribution is -2.30. The van der Waals surface area contributed by atoms with Crippen molar-refractivity contribution in [2.75, 3.05) is 11.4 Å². The second kappa shape index (κ2) is 6.77. The smallest absolute Gasteiger partial charge is 0.253 e. The van der Waals surface area contributed by atoms with Crippen molar-refractivity contribution in [3.05, 3.63) is 45.4 Å². The van der Waals surface area contributed by atoms with E-state index < -0.39 is 0 Å². The molecule has 1 aliphatic heterocycles. The minimum absolute atomic E-state index is 0.0689. The molecule has 2 amide bonds. The predicted molar refractivity (Wildman–Crippen MR) is 98.1 cm³/mol. The molecule has 1 aliphatic carbocycles. The van der Waals surface area contributed by atoms with E-state index in [1.807, 2.05) is 5.38 Å². The fourth-order valence-electron chi connectivity index (χ4n) is 3.19. The van der Waals surface area contributed by atoms with Crippen molar-refractivity contribution in [3.8, 4) is 0 Å². The topological polar surface area (TPSA) is 62.3 Å². The highest BCUT2D eigenvalue weighted by molar-refractivity contribution is 7.09. The molecule has 2 aromatic rings. The summed E-state index contributed by atoms with van der Waals surface area (Å²) in [7, 11) is 0. The summed E-state index contributed by atoms with van der Waals surface area (Å²) >= 11 is 7.81. The van der Waals surface area contributed by atoms with Crippen molar-refractivity contribution >= 4 is 40.4 Å². The van der Waals surface area contributed by atoms with Gasteiger partial charge in [0, 0.05) is 30.2 Å². The lowest BCUT2D eigenvalue weighted by Gasteiger charge is -2.19. The van der Waals surface area contributed by atoms with E-state index in [1.54, 1.807) is 40.6 Å². The number of anilines is 1. The van der Waals surface area contributed by atoms with Gasteiger partial charge in [-0.1, -0.05) is 11.6 Å². The molecule has 25 heavy (non-hydrogen) atoms. The summed E-state index contributed by atoms with van der Waals surface area (Å²) in [6.07, 6.45) is 5.35. The Hall–Kier alpha value is -1.92. The maximum atomic E-state index is 12.8. The van der Waals surface area contributed by atoms with E-state index in [0.717, 1.165) is 30.0 Å². The van der Waals surface area contributed by atoms with Crippen LogP contribution in [0.2, 0.25) is 5.02 Å². The zero-order valence-corrected chi connectivity index (χ0v) is 15.1. The molecule has 7 heteroatoms. The first-order valence-electron chi connectivity index (χ1n) is 8.43. The molecule has 1 saturated carbocycles. The van der Waals surface area contributed by atoms with E-state index in [2.05, 4.69) is 10.3 Å². The predicted octanol–water partition coefficient (Wildman–Crippen LogP) is 3.80. The highest BCUT2D eigenvalue weighted by Crippen LogP contribution is 2.42. The standard InChI is InChI=1S/C18H18ClN3O2S/c19-14-6-5-12(22-8-1-2-15(22)23)10-13(14)17(24)21-16(11-3-4-11)18-20-7-9-25-18/h5-7,9-11,16H,1-4,8H2,(H,21,24)/t16-/m0/s1. The van der Waals surface area contributed by atoms with E-state index >= 15 is 0 Å². The Morgan fingerprint density at radius 3 is 2.88 bits per heavy atom. The fraction of sp³-hybridized carbons (Fsp3) is 0.389. The summed E-state index contributed by atoms with van der Waals surface area (Å²) < 4.78 is 0. The van der Waals surface area contributed by atoms with Crippen LogP contribution in [0, 0.1) is 5.92 Å². The molecule has 1 N–H and O–H groups in total. The van der Waals surface area contributed by atoms with Crippen LogP contribution in [0.1, 0.15) is 47.1 Å². The van der Waals surface area contributed by atoms with Gasteiger partial charge in [-0.05, 0) is 43.4 Å². The quantitative estimate of drug-likeness (QED) is 0.864. The van der Waals surface area contributed by atoms with Gasteiger partial charge in [-0.3, -0.25) is 9.59 Å². The third-order valence-corrected chi connectivity index (χ3v) is 5.87. The lowest BCUT2D eigenvalue weighted by atomic mass is 10.1. The fourth-order valence-corrected chi connectivity index (χ4v) is 4.18. The van der Waals surface area contributed by atoms with Gasteiger partial charge in [0.05, 0.1) is 16.6 Å². The average molecular weight is 376 g/mol. The van der Waals surface area contributed by atoms with Gasteiger partial charge in [-0.2, -0.15) is 0 Å². The van der Waals surface area contributed by atoms with Crippen molar-refractivity contribution in [3.63, 3.8) is 0 Å². The van der Waals surface area contributed by atoms with Gasteiger partial charge in [-0.15, -0.1) is 11.3 Å². The van der Waals surface area contributed by atoms with Crippen LogP contribution >= 0.6 is 22.9 Å². The number of carbonyl (C=O) groups is 2. The Bertz CT molecular complexity index is 805.